The van der Waals surface area contributed by atoms with E-state index in [-0.39, 0.29) is 39.4 Å². The lowest BCUT2D eigenvalue weighted by atomic mass is 9.93. The van der Waals surface area contributed by atoms with Gasteiger partial charge in [-0.15, -0.1) is 0 Å². The van der Waals surface area contributed by atoms with Crippen LogP contribution in [0.2, 0.25) is 0 Å². The number of benzene rings is 4. The molecule has 5 rings (SSSR count). The first-order valence-corrected chi connectivity index (χ1v) is 10.1. The second kappa shape index (κ2) is 7.92. The molecule has 0 atom stereocenters. The van der Waals surface area contributed by atoms with E-state index in [1.807, 2.05) is 0 Å². The second-order valence-corrected chi connectivity index (χ2v) is 7.54. The van der Waals surface area contributed by atoms with Gasteiger partial charge in [-0.05, 0) is 30.3 Å². The number of aromatic hydroxyl groups is 1. The highest BCUT2D eigenvalue weighted by atomic mass is 16.6. The number of hydrogen-bond donors (Lipinski definition) is 1. The number of anilines is 1. The Bertz CT molecular complexity index is 1580. The molecular weight excluding hydrogens is 458 g/mol. The van der Waals surface area contributed by atoms with Crippen molar-refractivity contribution < 1.29 is 29.3 Å². The number of nitrogens with zero attached hydrogens (tertiary/aromatic N) is 3. The van der Waals surface area contributed by atoms with Crippen LogP contribution in [0.25, 0.3) is 10.8 Å². The Hall–Kier alpha value is -5.32. The summed E-state index contributed by atoms with van der Waals surface area (Å²) >= 11 is 0. The SMILES string of the molecule is O=C1c2cccc3c(Oc4ccccc4[N+](=O)[O-])ccc(c23)C(=O)N1c1cc([N+](=O)[O-])ccc1O. The Labute approximate surface area is 195 Å². The number of imide groups is 1. The van der Waals surface area contributed by atoms with Crippen LogP contribution < -0.4 is 9.64 Å². The minimum absolute atomic E-state index is 0.0187. The van der Waals surface area contributed by atoms with Gasteiger partial charge in [0.1, 0.15) is 17.2 Å². The van der Waals surface area contributed by atoms with Crippen molar-refractivity contribution in [1.82, 2.24) is 0 Å². The lowest BCUT2D eigenvalue weighted by Gasteiger charge is -2.28. The molecule has 0 radical (unpaired) electrons. The number of para-hydroxylation sites is 2. The van der Waals surface area contributed by atoms with Crippen LogP contribution in [0.3, 0.4) is 0 Å². The third-order valence-corrected chi connectivity index (χ3v) is 5.56. The number of nitro benzene ring substituents is 2. The van der Waals surface area contributed by atoms with Gasteiger partial charge in [-0.1, -0.05) is 24.3 Å². The number of non-ortho nitro benzene ring substituents is 1. The zero-order valence-electron chi connectivity index (χ0n) is 17.6. The van der Waals surface area contributed by atoms with Crippen LogP contribution in [0.15, 0.2) is 72.8 Å². The molecule has 11 nitrogen and oxygen atoms in total. The molecule has 0 fully saturated rings. The van der Waals surface area contributed by atoms with Gasteiger partial charge in [0.25, 0.3) is 17.5 Å². The van der Waals surface area contributed by atoms with E-state index in [0.29, 0.717) is 10.3 Å². The van der Waals surface area contributed by atoms with Crippen molar-refractivity contribution in [2.24, 2.45) is 0 Å². The van der Waals surface area contributed by atoms with Crippen molar-refractivity contribution in [2.75, 3.05) is 4.90 Å². The topological polar surface area (TPSA) is 153 Å². The van der Waals surface area contributed by atoms with Crippen LogP contribution >= 0.6 is 0 Å². The summed E-state index contributed by atoms with van der Waals surface area (Å²) in [5, 5.41) is 33.5. The standard InChI is InChI=1S/C24H13N3O8/c28-19-10-8-13(26(31)32)12-18(19)25-23(29)15-5-3-4-14-20(11-9-16(22(14)15)24(25)30)35-21-7-2-1-6-17(21)27(33)34/h1-12,28H. The fourth-order valence-electron chi connectivity index (χ4n) is 3.99. The number of phenolic OH excluding ortho intramolecular Hbond substituents is 1. The Morgan fingerprint density at radius 3 is 2.20 bits per heavy atom. The molecule has 4 aromatic carbocycles. The highest BCUT2D eigenvalue weighted by Crippen LogP contribution is 2.42. The van der Waals surface area contributed by atoms with Crippen LogP contribution in [0.4, 0.5) is 17.1 Å². The summed E-state index contributed by atoms with van der Waals surface area (Å²) in [7, 11) is 0. The van der Waals surface area contributed by atoms with E-state index in [9.17, 15) is 34.9 Å². The van der Waals surface area contributed by atoms with Crippen LogP contribution in [0.5, 0.6) is 17.2 Å². The maximum absolute atomic E-state index is 13.4. The van der Waals surface area contributed by atoms with E-state index in [4.69, 9.17) is 4.74 Å². The molecule has 35 heavy (non-hydrogen) atoms. The van der Waals surface area contributed by atoms with E-state index in [0.717, 1.165) is 18.2 Å². The first-order chi connectivity index (χ1) is 16.8. The molecule has 0 saturated heterocycles. The summed E-state index contributed by atoms with van der Waals surface area (Å²) in [4.78, 5) is 48.7. The first-order valence-electron chi connectivity index (χ1n) is 10.1. The lowest BCUT2D eigenvalue weighted by molar-refractivity contribution is -0.385. The second-order valence-electron chi connectivity index (χ2n) is 7.54. The molecule has 4 aromatic rings. The van der Waals surface area contributed by atoms with Gasteiger partial charge in [-0.2, -0.15) is 0 Å². The van der Waals surface area contributed by atoms with E-state index in [1.165, 1.54) is 36.4 Å². The monoisotopic (exact) mass is 471 g/mol. The van der Waals surface area contributed by atoms with E-state index in [1.54, 1.807) is 18.2 Å². The summed E-state index contributed by atoms with van der Waals surface area (Å²) in [6.07, 6.45) is 0. The van der Waals surface area contributed by atoms with Gasteiger partial charge >= 0.3 is 5.69 Å². The van der Waals surface area contributed by atoms with Crippen molar-refractivity contribution in [1.29, 1.82) is 0 Å². The molecule has 1 aliphatic rings. The lowest BCUT2D eigenvalue weighted by Crippen LogP contribution is -2.40. The molecule has 2 amide bonds. The molecule has 1 aliphatic heterocycles. The Morgan fingerprint density at radius 2 is 1.49 bits per heavy atom. The van der Waals surface area contributed by atoms with Crippen molar-refractivity contribution in [3.8, 4) is 17.2 Å². The summed E-state index contributed by atoms with van der Waals surface area (Å²) in [5.41, 5.74) is -0.799. The average molecular weight is 471 g/mol. The number of carbonyl (C=O) groups is 2. The van der Waals surface area contributed by atoms with E-state index in [2.05, 4.69) is 0 Å². The quantitative estimate of drug-likeness (QED) is 0.244. The highest BCUT2D eigenvalue weighted by molar-refractivity contribution is 6.36. The van der Waals surface area contributed by atoms with E-state index >= 15 is 0 Å². The minimum Gasteiger partial charge on any atom is -0.506 e. The Morgan fingerprint density at radius 1 is 0.771 bits per heavy atom. The van der Waals surface area contributed by atoms with Crippen LogP contribution in [0, 0.1) is 20.2 Å². The molecule has 1 heterocycles. The van der Waals surface area contributed by atoms with Crippen molar-refractivity contribution >= 4 is 39.6 Å². The summed E-state index contributed by atoms with van der Waals surface area (Å²) in [5.74, 6) is -1.91. The van der Waals surface area contributed by atoms with Gasteiger partial charge in [0.05, 0.1) is 9.85 Å². The van der Waals surface area contributed by atoms with Gasteiger partial charge < -0.3 is 9.84 Å². The molecule has 172 valence electrons. The Kier molecular flexibility index (Phi) is 4.87. The number of hydrogen-bond acceptors (Lipinski definition) is 8. The van der Waals surface area contributed by atoms with Gasteiger partial charge in [-0.3, -0.25) is 29.8 Å². The largest absolute Gasteiger partial charge is 0.506 e. The number of nitro groups is 2. The van der Waals surface area contributed by atoms with Crippen molar-refractivity contribution in [2.45, 2.75) is 0 Å². The normalized spacial score (nSPS) is 12.6. The average Bonchev–Trinajstić information content (AvgIpc) is 2.84. The summed E-state index contributed by atoms with van der Waals surface area (Å²) in [6, 6.07) is 16.3. The molecule has 0 saturated carbocycles. The number of phenols is 1. The summed E-state index contributed by atoms with van der Waals surface area (Å²) in [6.45, 7) is 0. The fourth-order valence-corrected chi connectivity index (χ4v) is 3.99. The highest BCUT2D eigenvalue weighted by Gasteiger charge is 2.36. The number of ether oxygens (including phenoxy) is 1. The molecule has 0 aromatic heterocycles. The van der Waals surface area contributed by atoms with Gasteiger partial charge in [-0.25, -0.2) is 4.90 Å². The molecule has 0 aliphatic carbocycles. The van der Waals surface area contributed by atoms with Gasteiger partial charge in [0.2, 0.25) is 5.75 Å². The zero-order chi connectivity index (χ0) is 24.9. The van der Waals surface area contributed by atoms with Crippen LogP contribution in [0.1, 0.15) is 20.7 Å². The van der Waals surface area contributed by atoms with Crippen molar-refractivity contribution in [3.63, 3.8) is 0 Å². The molecule has 1 N–H and O–H groups in total. The van der Waals surface area contributed by atoms with E-state index < -0.39 is 33.1 Å². The maximum Gasteiger partial charge on any atom is 0.311 e. The van der Waals surface area contributed by atoms with Crippen LogP contribution in [-0.4, -0.2) is 26.8 Å². The predicted octanol–water partition coefficient (Wildman–Crippen LogP) is 4.95. The third-order valence-electron chi connectivity index (χ3n) is 5.56. The maximum atomic E-state index is 13.4. The van der Waals surface area contributed by atoms with Gasteiger partial charge in [0.15, 0.2) is 0 Å². The number of carbonyl (C=O) groups excluding carboxylic acids is 2. The van der Waals surface area contributed by atoms with Gasteiger partial charge in [0, 0.05) is 40.1 Å². The predicted molar refractivity (Wildman–Crippen MR) is 123 cm³/mol. The van der Waals surface area contributed by atoms with Crippen LogP contribution in [-0.2, 0) is 0 Å². The van der Waals surface area contributed by atoms with Crippen molar-refractivity contribution in [3.05, 3.63) is 104 Å². The molecule has 0 unspecified atom stereocenters. The first kappa shape index (κ1) is 21.5. The summed E-state index contributed by atoms with van der Waals surface area (Å²) < 4.78 is 5.81. The number of amides is 2. The molecule has 0 spiro atoms. The minimum atomic E-state index is -0.799. The third kappa shape index (κ3) is 3.38. The fraction of sp³-hybridized carbons (Fsp3) is 0. The number of rotatable bonds is 5. The smallest absolute Gasteiger partial charge is 0.311 e. The molecule has 11 heteroatoms. The Balaban J connectivity index is 1.65. The molecular formula is C24H13N3O8. The molecule has 0 bridgehead atoms. The zero-order valence-corrected chi connectivity index (χ0v) is 17.6.